The number of benzene rings is 1. The van der Waals surface area contributed by atoms with Crippen molar-refractivity contribution in [1.29, 1.82) is 0 Å². The molecule has 4 heteroatoms. The molecular formula is C14H18FN3. The molecule has 18 heavy (non-hydrogen) atoms. The van der Waals surface area contributed by atoms with Crippen LogP contribution in [0.3, 0.4) is 0 Å². The predicted octanol–water partition coefficient (Wildman–Crippen LogP) is 2.90. The minimum Gasteiger partial charge on any atom is -0.326 e. The molecule has 1 aromatic heterocycles. The molecule has 0 aliphatic carbocycles. The Hall–Kier alpha value is -1.68. The van der Waals surface area contributed by atoms with Crippen LogP contribution >= 0.6 is 0 Å². The molecule has 0 saturated heterocycles. The van der Waals surface area contributed by atoms with Gasteiger partial charge in [0.2, 0.25) is 0 Å². The molecule has 0 atom stereocenters. The lowest BCUT2D eigenvalue weighted by Gasteiger charge is -2.23. The van der Waals surface area contributed by atoms with E-state index in [1.807, 2.05) is 31.5 Å². The number of nitrogens with two attached hydrogens (primary N) is 1. The van der Waals surface area contributed by atoms with Crippen LogP contribution < -0.4 is 5.73 Å². The fraction of sp³-hybridized carbons (Fsp3) is 0.357. The molecule has 2 N–H and O–H groups in total. The number of rotatable bonds is 2. The Labute approximate surface area is 106 Å². The van der Waals surface area contributed by atoms with Crippen LogP contribution in [0.15, 0.2) is 30.5 Å². The van der Waals surface area contributed by atoms with Gasteiger partial charge >= 0.3 is 0 Å². The summed E-state index contributed by atoms with van der Waals surface area (Å²) in [5.74, 6) is -0.252. The highest BCUT2D eigenvalue weighted by molar-refractivity contribution is 5.64. The second kappa shape index (κ2) is 4.53. The van der Waals surface area contributed by atoms with Crippen LogP contribution in [-0.2, 0) is 12.1 Å². The lowest BCUT2D eigenvalue weighted by atomic mass is 10.0. The Bertz CT molecular complexity index is 552. The monoisotopic (exact) mass is 247 g/mol. The van der Waals surface area contributed by atoms with Crippen LogP contribution in [0.4, 0.5) is 4.39 Å². The molecule has 0 fully saturated rings. The summed E-state index contributed by atoms with van der Waals surface area (Å²) in [6.45, 7) is 6.44. The molecule has 0 saturated carbocycles. The number of nitrogens with zero attached hydrogens (tertiary/aromatic N) is 2. The molecule has 1 aromatic carbocycles. The van der Waals surface area contributed by atoms with Crippen LogP contribution in [0, 0.1) is 5.82 Å². The van der Waals surface area contributed by atoms with Gasteiger partial charge in [-0.2, -0.15) is 5.10 Å². The topological polar surface area (TPSA) is 43.8 Å². The largest absolute Gasteiger partial charge is 0.326 e. The summed E-state index contributed by atoms with van der Waals surface area (Å²) in [6.07, 6.45) is 1.72. The van der Waals surface area contributed by atoms with Crippen LogP contribution in [0.5, 0.6) is 0 Å². The molecule has 2 rings (SSSR count). The van der Waals surface area contributed by atoms with Crippen LogP contribution in [0.25, 0.3) is 11.3 Å². The van der Waals surface area contributed by atoms with Crippen molar-refractivity contribution in [2.24, 2.45) is 5.73 Å². The van der Waals surface area contributed by atoms with E-state index in [0.29, 0.717) is 12.1 Å². The van der Waals surface area contributed by atoms with Gasteiger partial charge in [0.15, 0.2) is 0 Å². The van der Waals surface area contributed by atoms with E-state index in [2.05, 4.69) is 5.10 Å². The lowest BCUT2D eigenvalue weighted by Crippen LogP contribution is -2.24. The molecule has 0 unspecified atom stereocenters. The van der Waals surface area contributed by atoms with E-state index in [1.54, 1.807) is 18.3 Å². The predicted molar refractivity (Wildman–Crippen MR) is 70.5 cm³/mol. The van der Waals surface area contributed by atoms with E-state index in [-0.39, 0.29) is 11.4 Å². The van der Waals surface area contributed by atoms with Gasteiger partial charge in [-0.15, -0.1) is 0 Å². The third kappa shape index (κ3) is 2.16. The van der Waals surface area contributed by atoms with Gasteiger partial charge in [-0.25, -0.2) is 4.39 Å². The van der Waals surface area contributed by atoms with Crippen LogP contribution in [0.2, 0.25) is 0 Å². The van der Waals surface area contributed by atoms with Gasteiger partial charge in [-0.3, -0.25) is 4.68 Å². The van der Waals surface area contributed by atoms with E-state index in [0.717, 1.165) is 11.3 Å². The van der Waals surface area contributed by atoms with Crippen molar-refractivity contribution >= 4 is 0 Å². The Balaban J connectivity index is 2.69. The van der Waals surface area contributed by atoms with Crippen molar-refractivity contribution in [2.75, 3.05) is 0 Å². The average molecular weight is 247 g/mol. The SMILES string of the molecule is CC(C)(C)n1ncc(CN)c1-c1ccccc1F. The fourth-order valence-corrected chi connectivity index (χ4v) is 1.98. The fourth-order valence-electron chi connectivity index (χ4n) is 1.98. The smallest absolute Gasteiger partial charge is 0.132 e. The van der Waals surface area contributed by atoms with E-state index in [1.165, 1.54) is 6.07 Å². The first-order valence-electron chi connectivity index (χ1n) is 5.97. The maximum absolute atomic E-state index is 14.0. The first-order valence-corrected chi connectivity index (χ1v) is 5.97. The van der Waals surface area contributed by atoms with Gasteiger partial charge in [-0.05, 0) is 32.9 Å². The molecule has 2 aromatic rings. The molecule has 0 amide bonds. The standard InChI is InChI=1S/C14H18FN3/c1-14(2,3)18-13(10(8-16)9-17-18)11-6-4-5-7-12(11)15/h4-7,9H,8,16H2,1-3H3. The highest BCUT2D eigenvalue weighted by atomic mass is 19.1. The maximum Gasteiger partial charge on any atom is 0.132 e. The van der Waals surface area contributed by atoms with Crippen LogP contribution in [0.1, 0.15) is 26.3 Å². The summed E-state index contributed by atoms with van der Waals surface area (Å²) in [5, 5.41) is 4.35. The van der Waals surface area contributed by atoms with Gasteiger partial charge < -0.3 is 5.73 Å². The van der Waals surface area contributed by atoms with E-state index in [4.69, 9.17) is 5.73 Å². The van der Waals surface area contributed by atoms with Crippen molar-refractivity contribution in [3.63, 3.8) is 0 Å². The van der Waals surface area contributed by atoms with Crippen molar-refractivity contribution in [3.8, 4) is 11.3 Å². The van der Waals surface area contributed by atoms with Crippen LogP contribution in [-0.4, -0.2) is 9.78 Å². The molecule has 3 nitrogen and oxygen atoms in total. The molecule has 0 radical (unpaired) electrons. The van der Waals surface area contributed by atoms with E-state index in [9.17, 15) is 4.39 Å². The minimum absolute atomic E-state index is 0.217. The average Bonchev–Trinajstić information content (AvgIpc) is 2.72. The number of halogens is 1. The summed E-state index contributed by atoms with van der Waals surface area (Å²) in [5.41, 5.74) is 7.67. The van der Waals surface area contributed by atoms with Crippen molar-refractivity contribution in [2.45, 2.75) is 32.9 Å². The van der Waals surface area contributed by atoms with Gasteiger partial charge in [0.05, 0.1) is 17.4 Å². The maximum atomic E-state index is 14.0. The number of hydrogen-bond acceptors (Lipinski definition) is 2. The first-order chi connectivity index (χ1) is 8.45. The minimum atomic E-state index is -0.252. The summed E-state index contributed by atoms with van der Waals surface area (Å²) < 4.78 is 15.8. The molecule has 0 spiro atoms. The van der Waals surface area contributed by atoms with Gasteiger partial charge in [0.1, 0.15) is 5.82 Å². The third-order valence-corrected chi connectivity index (χ3v) is 2.83. The Morgan fingerprint density at radius 2 is 1.94 bits per heavy atom. The van der Waals surface area contributed by atoms with Gasteiger partial charge in [0.25, 0.3) is 0 Å². The summed E-state index contributed by atoms with van der Waals surface area (Å²) in [4.78, 5) is 0. The molecule has 0 bridgehead atoms. The Morgan fingerprint density at radius 3 is 2.50 bits per heavy atom. The summed E-state index contributed by atoms with van der Waals surface area (Å²) in [7, 11) is 0. The highest BCUT2D eigenvalue weighted by Crippen LogP contribution is 2.30. The zero-order chi connectivity index (χ0) is 13.3. The lowest BCUT2D eigenvalue weighted by molar-refractivity contribution is 0.359. The van der Waals surface area contributed by atoms with Gasteiger partial charge in [0, 0.05) is 17.7 Å². The summed E-state index contributed by atoms with van der Waals surface area (Å²) in [6, 6.07) is 6.71. The zero-order valence-corrected chi connectivity index (χ0v) is 10.9. The Kier molecular flexibility index (Phi) is 3.22. The van der Waals surface area contributed by atoms with Crippen molar-refractivity contribution in [3.05, 3.63) is 41.8 Å². The van der Waals surface area contributed by atoms with Crippen molar-refractivity contribution in [1.82, 2.24) is 9.78 Å². The number of aromatic nitrogens is 2. The zero-order valence-electron chi connectivity index (χ0n) is 10.9. The first kappa shape index (κ1) is 12.8. The highest BCUT2D eigenvalue weighted by Gasteiger charge is 2.22. The molecule has 0 aliphatic rings. The second-order valence-corrected chi connectivity index (χ2v) is 5.29. The Morgan fingerprint density at radius 1 is 1.28 bits per heavy atom. The molecular weight excluding hydrogens is 229 g/mol. The van der Waals surface area contributed by atoms with E-state index < -0.39 is 0 Å². The summed E-state index contributed by atoms with van der Waals surface area (Å²) >= 11 is 0. The van der Waals surface area contributed by atoms with E-state index >= 15 is 0 Å². The van der Waals surface area contributed by atoms with Crippen molar-refractivity contribution < 1.29 is 4.39 Å². The third-order valence-electron chi connectivity index (χ3n) is 2.83. The second-order valence-electron chi connectivity index (χ2n) is 5.29. The normalized spacial score (nSPS) is 11.8. The molecule has 0 aliphatic heterocycles. The quantitative estimate of drug-likeness (QED) is 0.886. The molecule has 96 valence electrons. The number of hydrogen-bond donors (Lipinski definition) is 1. The molecule has 1 heterocycles. The van der Waals surface area contributed by atoms with Gasteiger partial charge in [-0.1, -0.05) is 12.1 Å².